The van der Waals surface area contributed by atoms with Crippen LogP contribution < -0.4 is 5.32 Å². The topological polar surface area (TPSA) is 65.8 Å². The van der Waals surface area contributed by atoms with E-state index < -0.39 is 0 Å². The van der Waals surface area contributed by atoms with Gasteiger partial charge in [-0.15, -0.1) is 0 Å². The molecular formula is C24H28N6O. The van der Waals surface area contributed by atoms with E-state index in [2.05, 4.69) is 44.1 Å². The number of benzene rings is 1. The van der Waals surface area contributed by atoms with Crippen molar-refractivity contribution in [1.82, 2.24) is 24.4 Å². The summed E-state index contributed by atoms with van der Waals surface area (Å²) in [5.74, 6) is 6.25. The van der Waals surface area contributed by atoms with E-state index in [1.54, 1.807) is 10.7 Å². The predicted octanol–water partition coefficient (Wildman–Crippen LogP) is 2.59. The summed E-state index contributed by atoms with van der Waals surface area (Å²) in [6, 6.07) is 9.55. The Morgan fingerprint density at radius 3 is 2.61 bits per heavy atom. The first-order valence-electron chi connectivity index (χ1n) is 10.6. The summed E-state index contributed by atoms with van der Waals surface area (Å²) in [4.78, 5) is 22.0. The van der Waals surface area contributed by atoms with Gasteiger partial charge in [0, 0.05) is 61.8 Å². The number of carbonyl (C=O) groups excluding carboxylic acids is 1. The van der Waals surface area contributed by atoms with Crippen molar-refractivity contribution in [3.8, 4) is 11.8 Å². The maximum absolute atomic E-state index is 12.7. The number of nitrogens with one attached hydrogen (secondary N) is 1. The number of piperazine rings is 1. The monoisotopic (exact) mass is 416 g/mol. The summed E-state index contributed by atoms with van der Waals surface area (Å²) >= 11 is 0. The Kier molecular flexibility index (Phi) is 6.31. The van der Waals surface area contributed by atoms with Crippen LogP contribution in [0.1, 0.15) is 33.7 Å². The van der Waals surface area contributed by atoms with E-state index in [4.69, 9.17) is 0 Å². The molecular weight excluding hydrogens is 388 g/mol. The van der Waals surface area contributed by atoms with Crippen molar-refractivity contribution in [3.63, 3.8) is 0 Å². The molecule has 0 spiro atoms. The number of rotatable bonds is 4. The fraction of sp³-hybridized carbons (Fsp3) is 0.375. The van der Waals surface area contributed by atoms with Gasteiger partial charge >= 0.3 is 0 Å². The zero-order chi connectivity index (χ0) is 21.8. The number of aryl methyl sites for hydroxylation is 2. The number of anilines is 1. The average molecular weight is 417 g/mol. The van der Waals surface area contributed by atoms with E-state index in [1.807, 2.05) is 44.2 Å². The van der Waals surface area contributed by atoms with Crippen LogP contribution in [-0.4, -0.2) is 70.1 Å². The minimum atomic E-state index is -0.224. The standard InChI is InChI=1S/C24H28N6O/c1-18-16-19(2)30-23(26-18)22(17-25-30)24(31)27-21-9-7-20(8-10-21)6-4-5-11-29-14-12-28(3)13-15-29/h7-10,16-17H,5,11-15H2,1-3H3,(H,27,31). The second kappa shape index (κ2) is 9.29. The van der Waals surface area contributed by atoms with Crippen LogP contribution in [0.3, 0.4) is 0 Å². The van der Waals surface area contributed by atoms with E-state index in [9.17, 15) is 4.79 Å². The Bertz CT molecular complexity index is 1130. The molecule has 4 rings (SSSR count). The van der Waals surface area contributed by atoms with Gasteiger partial charge in [0.25, 0.3) is 5.91 Å². The molecule has 1 aliphatic heterocycles. The van der Waals surface area contributed by atoms with Gasteiger partial charge in [-0.3, -0.25) is 9.69 Å². The fourth-order valence-corrected chi connectivity index (χ4v) is 3.72. The number of amides is 1. The van der Waals surface area contributed by atoms with Crippen LogP contribution in [0.5, 0.6) is 0 Å². The number of nitrogens with zero attached hydrogens (tertiary/aromatic N) is 5. The van der Waals surface area contributed by atoms with Crippen LogP contribution in [-0.2, 0) is 0 Å². The van der Waals surface area contributed by atoms with Gasteiger partial charge in [0.05, 0.1) is 6.20 Å². The summed E-state index contributed by atoms with van der Waals surface area (Å²) in [6.07, 6.45) is 2.42. The molecule has 7 nitrogen and oxygen atoms in total. The summed E-state index contributed by atoms with van der Waals surface area (Å²) in [5.41, 5.74) is 4.49. The van der Waals surface area contributed by atoms with Crippen LogP contribution >= 0.6 is 0 Å². The Morgan fingerprint density at radius 2 is 1.87 bits per heavy atom. The smallest absolute Gasteiger partial charge is 0.261 e. The molecule has 0 radical (unpaired) electrons. The van der Waals surface area contributed by atoms with Crippen molar-refractivity contribution in [1.29, 1.82) is 0 Å². The average Bonchev–Trinajstić information content (AvgIpc) is 3.18. The third-order valence-electron chi connectivity index (χ3n) is 5.55. The van der Waals surface area contributed by atoms with E-state index in [1.165, 1.54) is 0 Å². The minimum Gasteiger partial charge on any atom is -0.322 e. The fourth-order valence-electron chi connectivity index (χ4n) is 3.72. The Hall–Kier alpha value is -3.21. The molecule has 1 amide bonds. The van der Waals surface area contributed by atoms with Crippen molar-refractivity contribution in [2.45, 2.75) is 20.3 Å². The molecule has 0 bridgehead atoms. The highest BCUT2D eigenvalue weighted by molar-refractivity contribution is 6.08. The molecule has 31 heavy (non-hydrogen) atoms. The minimum absolute atomic E-state index is 0.224. The molecule has 160 valence electrons. The first-order valence-corrected chi connectivity index (χ1v) is 10.6. The van der Waals surface area contributed by atoms with Crippen molar-refractivity contribution < 1.29 is 4.79 Å². The van der Waals surface area contributed by atoms with Gasteiger partial charge in [0.2, 0.25) is 0 Å². The molecule has 0 atom stereocenters. The molecule has 1 saturated heterocycles. The molecule has 3 heterocycles. The van der Waals surface area contributed by atoms with E-state index in [0.29, 0.717) is 11.2 Å². The number of hydrogen-bond acceptors (Lipinski definition) is 5. The first-order chi connectivity index (χ1) is 15.0. The third-order valence-corrected chi connectivity index (χ3v) is 5.55. The van der Waals surface area contributed by atoms with Gasteiger partial charge in [-0.25, -0.2) is 9.50 Å². The molecule has 1 aromatic carbocycles. The van der Waals surface area contributed by atoms with Crippen molar-refractivity contribution in [2.24, 2.45) is 0 Å². The molecule has 1 fully saturated rings. The molecule has 7 heteroatoms. The molecule has 3 aromatic rings. The third kappa shape index (κ3) is 5.10. The summed E-state index contributed by atoms with van der Waals surface area (Å²) < 4.78 is 1.68. The van der Waals surface area contributed by atoms with Crippen LogP contribution in [0, 0.1) is 25.7 Å². The number of likely N-dealkylation sites (N-methyl/N-ethyl adjacent to an activating group) is 1. The van der Waals surface area contributed by atoms with Crippen LogP contribution in [0.15, 0.2) is 36.5 Å². The van der Waals surface area contributed by atoms with Gasteiger partial charge in [0.1, 0.15) is 5.56 Å². The van der Waals surface area contributed by atoms with Gasteiger partial charge in [0.15, 0.2) is 5.65 Å². The molecule has 1 N–H and O–H groups in total. The molecule has 2 aromatic heterocycles. The van der Waals surface area contributed by atoms with Gasteiger partial charge < -0.3 is 10.2 Å². The normalized spacial score (nSPS) is 14.9. The Balaban J connectivity index is 1.34. The van der Waals surface area contributed by atoms with Crippen LogP contribution in [0.2, 0.25) is 0 Å². The van der Waals surface area contributed by atoms with E-state index in [-0.39, 0.29) is 5.91 Å². The lowest BCUT2D eigenvalue weighted by Crippen LogP contribution is -2.44. The highest BCUT2D eigenvalue weighted by Gasteiger charge is 2.16. The van der Waals surface area contributed by atoms with Crippen LogP contribution in [0.4, 0.5) is 5.69 Å². The zero-order valence-corrected chi connectivity index (χ0v) is 18.4. The Morgan fingerprint density at radius 1 is 1.13 bits per heavy atom. The second-order valence-corrected chi connectivity index (χ2v) is 8.06. The SMILES string of the molecule is Cc1cc(C)n2ncc(C(=O)Nc3ccc(C#CCCN4CCN(C)CC4)cc3)c2n1. The lowest BCUT2D eigenvalue weighted by Gasteiger charge is -2.31. The second-order valence-electron chi connectivity index (χ2n) is 8.06. The predicted molar refractivity (Wildman–Crippen MR) is 122 cm³/mol. The largest absolute Gasteiger partial charge is 0.322 e. The molecule has 0 saturated carbocycles. The van der Waals surface area contributed by atoms with E-state index in [0.717, 1.165) is 61.8 Å². The number of carbonyl (C=O) groups is 1. The lowest BCUT2D eigenvalue weighted by molar-refractivity contribution is 0.102. The summed E-state index contributed by atoms with van der Waals surface area (Å²) in [5, 5.41) is 7.21. The summed E-state index contributed by atoms with van der Waals surface area (Å²) in [7, 11) is 2.17. The molecule has 1 aliphatic rings. The summed E-state index contributed by atoms with van der Waals surface area (Å²) in [6.45, 7) is 9.37. The van der Waals surface area contributed by atoms with Crippen molar-refractivity contribution in [2.75, 3.05) is 45.1 Å². The zero-order valence-electron chi connectivity index (χ0n) is 18.4. The lowest BCUT2D eigenvalue weighted by atomic mass is 10.2. The molecule has 0 aliphatic carbocycles. The highest BCUT2D eigenvalue weighted by atomic mass is 16.1. The van der Waals surface area contributed by atoms with Crippen LogP contribution in [0.25, 0.3) is 5.65 Å². The van der Waals surface area contributed by atoms with Gasteiger partial charge in [-0.05, 0) is 51.2 Å². The van der Waals surface area contributed by atoms with Crippen molar-refractivity contribution in [3.05, 3.63) is 59.0 Å². The highest BCUT2D eigenvalue weighted by Crippen LogP contribution is 2.15. The van der Waals surface area contributed by atoms with E-state index >= 15 is 0 Å². The maximum atomic E-state index is 12.7. The maximum Gasteiger partial charge on any atom is 0.261 e. The van der Waals surface area contributed by atoms with Gasteiger partial charge in [-0.1, -0.05) is 11.8 Å². The first kappa shape index (κ1) is 21.0. The molecule has 0 unspecified atom stereocenters. The number of aromatic nitrogens is 3. The number of hydrogen-bond donors (Lipinski definition) is 1. The van der Waals surface area contributed by atoms with Gasteiger partial charge in [-0.2, -0.15) is 5.10 Å². The quantitative estimate of drug-likeness (QED) is 0.663. The number of fused-ring (bicyclic) bond motifs is 1. The van der Waals surface area contributed by atoms with Crippen molar-refractivity contribution >= 4 is 17.2 Å². The Labute approximate surface area is 183 Å².